The van der Waals surface area contributed by atoms with Gasteiger partial charge in [-0.05, 0) is 99.3 Å². The summed E-state index contributed by atoms with van der Waals surface area (Å²) in [6, 6.07) is 6.35. The lowest BCUT2D eigenvalue weighted by atomic mass is 9.49. The van der Waals surface area contributed by atoms with Crippen molar-refractivity contribution >= 4 is 27.5 Å². The topological polar surface area (TPSA) is 66.5 Å². The number of nitrogens with one attached hydrogen (secondary N) is 1. The van der Waals surface area contributed by atoms with Gasteiger partial charge in [0.15, 0.2) is 0 Å². The number of sulfonamides is 1. The Hall–Kier alpha value is -1.11. The zero-order chi connectivity index (χ0) is 20.9. The maximum absolute atomic E-state index is 13.1. The smallest absolute Gasteiger partial charge is 0.243 e. The molecular formula is C23H31ClN2O3S. The predicted octanol–water partition coefficient (Wildman–Crippen LogP) is 4.07. The fourth-order valence-electron chi connectivity index (χ4n) is 6.92. The first-order chi connectivity index (χ1) is 14.3. The molecule has 1 aromatic rings. The summed E-state index contributed by atoms with van der Waals surface area (Å²) < 4.78 is 27.3. The van der Waals surface area contributed by atoms with Gasteiger partial charge in [0.05, 0.1) is 4.90 Å². The van der Waals surface area contributed by atoms with E-state index >= 15 is 0 Å². The summed E-state index contributed by atoms with van der Waals surface area (Å²) in [5, 5.41) is 3.81. The van der Waals surface area contributed by atoms with Crippen LogP contribution in [0.2, 0.25) is 5.02 Å². The Labute approximate surface area is 184 Å². The van der Waals surface area contributed by atoms with Crippen molar-refractivity contribution in [2.75, 3.05) is 19.6 Å². The molecule has 4 aliphatic carbocycles. The van der Waals surface area contributed by atoms with Crippen LogP contribution in [0.15, 0.2) is 29.2 Å². The van der Waals surface area contributed by atoms with Gasteiger partial charge in [-0.25, -0.2) is 8.42 Å². The molecule has 0 aromatic heterocycles. The van der Waals surface area contributed by atoms with E-state index < -0.39 is 10.0 Å². The van der Waals surface area contributed by atoms with Crippen molar-refractivity contribution in [1.82, 2.24) is 9.62 Å². The van der Waals surface area contributed by atoms with Crippen LogP contribution in [0, 0.1) is 29.1 Å². The Bertz CT molecular complexity index is 872. The third-order valence-corrected chi connectivity index (χ3v) is 10.3. The van der Waals surface area contributed by atoms with E-state index in [0.717, 1.165) is 49.9 Å². The van der Waals surface area contributed by atoms with Gasteiger partial charge in [0.25, 0.3) is 0 Å². The molecule has 1 heterocycles. The Morgan fingerprint density at radius 2 is 1.53 bits per heavy atom. The number of nitrogens with zero attached hydrogens (tertiary/aromatic N) is 1. The van der Waals surface area contributed by atoms with Gasteiger partial charge in [0.1, 0.15) is 0 Å². The highest BCUT2D eigenvalue weighted by Gasteiger charge is 2.54. The third-order valence-electron chi connectivity index (χ3n) is 8.10. The zero-order valence-electron chi connectivity index (χ0n) is 17.4. The SMILES string of the molecule is O=C(NCC1CCN(S(=O)(=O)c2ccc(Cl)cc2)CC1)C12CC3CC(CC(C3)C1)C2. The van der Waals surface area contributed by atoms with Gasteiger partial charge >= 0.3 is 0 Å². The molecule has 1 N–H and O–H groups in total. The molecule has 0 radical (unpaired) electrons. The molecule has 6 rings (SSSR count). The molecule has 1 aromatic carbocycles. The van der Waals surface area contributed by atoms with Crippen molar-refractivity contribution in [2.45, 2.75) is 56.3 Å². The number of piperidine rings is 1. The van der Waals surface area contributed by atoms with E-state index in [2.05, 4.69) is 5.32 Å². The lowest BCUT2D eigenvalue weighted by Gasteiger charge is -2.55. The maximum atomic E-state index is 13.1. The summed E-state index contributed by atoms with van der Waals surface area (Å²) in [6.07, 6.45) is 8.85. The number of carbonyl (C=O) groups is 1. The molecule has 0 atom stereocenters. The molecule has 0 spiro atoms. The van der Waals surface area contributed by atoms with E-state index in [1.165, 1.54) is 19.3 Å². The van der Waals surface area contributed by atoms with Crippen LogP contribution in [0.3, 0.4) is 0 Å². The Balaban J connectivity index is 1.14. The van der Waals surface area contributed by atoms with Crippen LogP contribution < -0.4 is 5.32 Å². The third kappa shape index (κ3) is 3.80. The van der Waals surface area contributed by atoms with Crippen molar-refractivity contribution in [3.05, 3.63) is 29.3 Å². The van der Waals surface area contributed by atoms with Crippen LogP contribution in [0.5, 0.6) is 0 Å². The molecule has 164 valence electrons. The molecule has 4 saturated carbocycles. The molecule has 1 aliphatic heterocycles. The number of halogens is 1. The molecule has 1 amide bonds. The minimum Gasteiger partial charge on any atom is -0.355 e. The summed E-state index contributed by atoms with van der Waals surface area (Å²) in [5.74, 6) is 2.92. The number of rotatable bonds is 5. The Kier molecular flexibility index (Phi) is 5.39. The highest BCUT2D eigenvalue weighted by Crippen LogP contribution is 2.60. The van der Waals surface area contributed by atoms with Gasteiger partial charge in [0.2, 0.25) is 15.9 Å². The van der Waals surface area contributed by atoms with E-state index in [9.17, 15) is 13.2 Å². The lowest BCUT2D eigenvalue weighted by molar-refractivity contribution is -0.146. The second-order valence-electron chi connectivity index (χ2n) is 10.2. The predicted molar refractivity (Wildman–Crippen MR) is 117 cm³/mol. The molecule has 4 bridgehead atoms. The summed E-state index contributed by atoms with van der Waals surface area (Å²) in [7, 11) is -3.48. The summed E-state index contributed by atoms with van der Waals surface area (Å²) in [4.78, 5) is 13.4. The van der Waals surface area contributed by atoms with Gasteiger partial charge in [-0.15, -0.1) is 0 Å². The van der Waals surface area contributed by atoms with Crippen LogP contribution in [-0.4, -0.2) is 38.3 Å². The van der Waals surface area contributed by atoms with E-state index in [1.807, 2.05) is 0 Å². The number of hydrogen-bond donors (Lipinski definition) is 1. The van der Waals surface area contributed by atoms with E-state index in [4.69, 9.17) is 11.6 Å². The maximum Gasteiger partial charge on any atom is 0.243 e. The minimum atomic E-state index is -3.48. The highest BCUT2D eigenvalue weighted by molar-refractivity contribution is 7.89. The van der Waals surface area contributed by atoms with E-state index in [1.54, 1.807) is 28.6 Å². The Morgan fingerprint density at radius 1 is 1.00 bits per heavy atom. The second-order valence-corrected chi connectivity index (χ2v) is 12.6. The van der Waals surface area contributed by atoms with Gasteiger partial charge in [-0.1, -0.05) is 11.6 Å². The van der Waals surface area contributed by atoms with Crippen LogP contribution in [0.4, 0.5) is 0 Å². The largest absolute Gasteiger partial charge is 0.355 e. The summed E-state index contributed by atoms with van der Waals surface area (Å²) in [6.45, 7) is 1.68. The minimum absolute atomic E-state index is 0.104. The molecule has 1 saturated heterocycles. The molecule has 5 aliphatic rings. The van der Waals surface area contributed by atoms with Crippen molar-refractivity contribution in [3.8, 4) is 0 Å². The Morgan fingerprint density at radius 3 is 2.07 bits per heavy atom. The average molecular weight is 451 g/mol. The first-order valence-electron chi connectivity index (χ1n) is 11.4. The van der Waals surface area contributed by atoms with Gasteiger partial charge in [0, 0.05) is 30.1 Å². The van der Waals surface area contributed by atoms with Crippen molar-refractivity contribution < 1.29 is 13.2 Å². The fraction of sp³-hybridized carbons (Fsp3) is 0.696. The molecule has 7 heteroatoms. The first-order valence-corrected chi connectivity index (χ1v) is 13.2. The van der Waals surface area contributed by atoms with Gasteiger partial charge in [-0.2, -0.15) is 4.31 Å². The van der Waals surface area contributed by atoms with Crippen molar-refractivity contribution in [1.29, 1.82) is 0 Å². The quantitative estimate of drug-likeness (QED) is 0.735. The second kappa shape index (κ2) is 7.79. The van der Waals surface area contributed by atoms with Crippen LogP contribution in [0.25, 0.3) is 0 Å². The van der Waals surface area contributed by atoms with Crippen molar-refractivity contribution in [2.24, 2.45) is 29.1 Å². The lowest BCUT2D eigenvalue weighted by Crippen LogP contribution is -2.54. The molecule has 5 nitrogen and oxygen atoms in total. The molecule has 0 unspecified atom stereocenters. The van der Waals surface area contributed by atoms with Gasteiger partial charge < -0.3 is 5.32 Å². The number of carbonyl (C=O) groups excluding carboxylic acids is 1. The number of hydrogen-bond acceptors (Lipinski definition) is 3. The summed E-state index contributed by atoms with van der Waals surface area (Å²) in [5.41, 5.74) is -0.104. The number of benzene rings is 1. The normalized spacial score (nSPS) is 34.2. The van der Waals surface area contributed by atoms with Crippen molar-refractivity contribution in [3.63, 3.8) is 0 Å². The van der Waals surface area contributed by atoms with Gasteiger partial charge in [-0.3, -0.25) is 4.79 Å². The standard InChI is InChI=1S/C23H31ClN2O3S/c24-20-1-3-21(4-2-20)30(28,29)26-7-5-16(6-8-26)15-25-22(27)23-12-17-9-18(13-23)11-19(10-17)14-23/h1-4,16-19H,5-15H2,(H,25,27). The molecule has 5 fully saturated rings. The van der Waals surface area contributed by atoms with Crippen LogP contribution in [-0.2, 0) is 14.8 Å². The van der Waals surface area contributed by atoms with E-state index in [-0.39, 0.29) is 11.3 Å². The average Bonchev–Trinajstić information content (AvgIpc) is 2.71. The highest BCUT2D eigenvalue weighted by atomic mass is 35.5. The first kappa shape index (κ1) is 20.8. The zero-order valence-corrected chi connectivity index (χ0v) is 18.9. The van der Waals surface area contributed by atoms with Crippen LogP contribution >= 0.6 is 11.6 Å². The monoisotopic (exact) mass is 450 g/mol. The van der Waals surface area contributed by atoms with E-state index in [0.29, 0.717) is 35.5 Å². The summed E-state index contributed by atoms with van der Waals surface area (Å²) >= 11 is 5.88. The van der Waals surface area contributed by atoms with Crippen LogP contribution in [0.1, 0.15) is 51.4 Å². The molecule has 30 heavy (non-hydrogen) atoms. The molecular weight excluding hydrogens is 420 g/mol. The fourth-order valence-corrected chi connectivity index (χ4v) is 8.52. The number of amides is 1.